The summed E-state index contributed by atoms with van der Waals surface area (Å²) in [4.78, 5) is 21.6. The monoisotopic (exact) mass is 300 g/mol. The molecule has 0 rings (SSSR count). The van der Waals surface area contributed by atoms with Crippen molar-refractivity contribution in [3.05, 3.63) is 0 Å². The van der Waals surface area contributed by atoms with Crippen molar-refractivity contribution >= 4 is 0 Å². The van der Waals surface area contributed by atoms with Crippen LogP contribution in [0.1, 0.15) is 75.7 Å². The Morgan fingerprint density at radius 1 is 0.619 bits per heavy atom. The predicted molar refractivity (Wildman–Crippen MR) is 84.4 cm³/mol. The van der Waals surface area contributed by atoms with Crippen LogP contribution in [0.4, 0.5) is 0 Å². The first-order valence-electron chi connectivity index (χ1n) is 7.46. The lowest BCUT2D eigenvalue weighted by atomic mass is 10.0. The van der Waals surface area contributed by atoms with Crippen LogP contribution in [0.5, 0.6) is 0 Å². The highest BCUT2D eigenvalue weighted by atomic mass is 17.2. The van der Waals surface area contributed by atoms with Crippen molar-refractivity contribution in [3.8, 4) is 11.8 Å². The van der Waals surface area contributed by atoms with E-state index in [1.54, 1.807) is 0 Å². The molecule has 21 heavy (non-hydrogen) atoms. The van der Waals surface area contributed by atoms with Crippen LogP contribution in [0.25, 0.3) is 0 Å². The Hall–Kier alpha value is -0.600. The Morgan fingerprint density at radius 3 is 1.43 bits per heavy atom. The van der Waals surface area contributed by atoms with E-state index in [9.17, 15) is 0 Å². The first kappa shape index (κ1) is 20.4. The van der Waals surface area contributed by atoms with Crippen molar-refractivity contribution in [3.63, 3.8) is 0 Å². The molecule has 0 bridgehead atoms. The summed E-state index contributed by atoms with van der Waals surface area (Å²) in [5.41, 5.74) is -2.16. The molecule has 0 saturated carbocycles. The van der Waals surface area contributed by atoms with Crippen LogP contribution < -0.4 is 0 Å². The summed E-state index contributed by atoms with van der Waals surface area (Å²) in [5, 5.41) is 0. The molecule has 0 N–H and O–H groups in total. The van der Waals surface area contributed by atoms with Gasteiger partial charge in [-0.1, -0.05) is 18.8 Å². The molecule has 1 unspecified atom stereocenters. The third kappa shape index (κ3) is 10.7. The van der Waals surface area contributed by atoms with E-state index in [0.717, 1.165) is 0 Å². The van der Waals surface area contributed by atoms with Crippen LogP contribution in [0.3, 0.4) is 0 Å². The maximum atomic E-state index is 5.51. The average Bonchev–Trinajstić information content (AvgIpc) is 2.30. The van der Waals surface area contributed by atoms with Gasteiger partial charge in [-0.3, -0.25) is 0 Å². The van der Waals surface area contributed by atoms with Crippen molar-refractivity contribution in [2.75, 3.05) is 0 Å². The Kier molecular flexibility index (Phi) is 6.90. The van der Waals surface area contributed by atoms with E-state index in [1.807, 2.05) is 69.2 Å². The largest absolute Gasteiger partial charge is 0.229 e. The van der Waals surface area contributed by atoms with Gasteiger partial charge in [-0.15, -0.1) is 0 Å². The van der Waals surface area contributed by atoms with E-state index in [4.69, 9.17) is 19.6 Å². The third-order valence-electron chi connectivity index (χ3n) is 2.28. The molecule has 0 aromatic rings. The zero-order chi connectivity index (χ0) is 16.9. The van der Waals surface area contributed by atoms with Crippen LogP contribution >= 0.6 is 0 Å². The van der Waals surface area contributed by atoms with Crippen molar-refractivity contribution in [2.24, 2.45) is 0 Å². The lowest BCUT2D eigenvalue weighted by molar-refractivity contribution is -0.389. The highest BCUT2D eigenvalue weighted by Gasteiger charge is 2.27. The summed E-state index contributed by atoms with van der Waals surface area (Å²) in [5.74, 6) is 6.15. The summed E-state index contributed by atoms with van der Waals surface area (Å²) in [6, 6.07) is 0. The van der Waals surface area contributed by atoms with Crippen LogP contribution in [-0.4, -0.2) is 22.4 Å². The van der Waals surface area contributed by atoms with Gasteiger partial charge in [-0.05, 0) is 68.7 Å². The smallest absolute Gasteiger partial charge is 0.160 e. The van der Waals surface area contributed by atoms with E-state index < -0.39 is 11.2 Å². The summed E-state index contributed by atoms with van der Waals surface area (Å²) < 4.78 is 0. The molecule has 124 valence electrons. The zero-order valence-corrected chi connectivity index (χ0v) is 15.3. The van der Waals surface area contributed by atoms with Gasteiger partial charge in [-0.2, -0.15) is 0 Å². The zero-order valence-electron chi connectivity index (χ0n) is 15.3. The lowest BCUT2D eigenvalue weighted by Crippen LogP contribution is -2.33. The van der Waals surface area contributed by atoms with Crippen LogP contribution in [0.15, 0.2) is 0 Å². The Bertz CT molecular complexity index is 376. The molecule has 0 aromatic heterocycles. The number of rotatable bonds is 5. The fourth-order valence-corrected chi connectivity index (χ4v) is 0.918. The van der Waals surface area contributed by atoms with Gasteiger partial charge >= 0.3 is 0 Å². The SMILES string of the molecule is CCC(C)(C#CC(C)(C)OOC(C)(C)C)OOC(C)(C)C. The summed E-state index contributed by atoms with van der Waals surface area (Å²) >= 11 is 0. The quantitative estimate of drug-likeness (QED) is 0.427. The van der Waals surface area contributed by atoms with Crippen LogP contribution in [0.2, 0.25) is 0 Å². The third-order valence-corrected chi connectivity index (χ3v) is 2.28. The molecular weight excluding hydrogens is 268 g/mol. The van der Waals surface area contributed by atoms with Gasteiger partial charge < -0.3 is 0 Å². The van der Waals surface area contributed by atoms with E-state index in [1.165, 1.54) is 0 Å². The van der Waals surface area contributed by atoms with Gasteiger partial charge in [-0.25, -0.2) is 19.6 Å². The molecule has 1 atom stereocenters. The lowest BCUT2D eigenvalue weighted by Gasteiger charge is -2.28. The molecule has 0 aliphatic rings. The highest BCUT2D eigenvalue weighted by molar-refractivity contribution is 5.18. The highest BCUT2D eigenvalue weighted by Crippen LogP contribution is 2.21. The van der Waals surface area contributed by atoms with Gasteiger partial charge in [0.1, 0.15) is 0 Å². The molecule has 0 heterocycles. The maximum absolute atomic E-state index is 5.51. The van der Waals surface area contributed by atoms with Crippen molar-refractivity contribution < 1.29 is 19.6 Å². The fourth-order valence-electron chi connectivity index (χ4n) is 0.918. The van der Waals surface area contributed by atoms with Gasteiger partial charge in [0.05, 0.1) is 11.2 Å². The minimum atomic E-state index is -0.727. The Labute approximate surface area is 130 Å². The first-order chi connectivity index (χ1) is 9.18. The molecule has 0 aliphatic carbocycles. The minimum absolute atomic E-state index is 0.376. The summed E-state index contributed by atoms with van der Waals surface area (Å²) in [6.07, 6.45) is 0.701. The van der Waals surface area contributed by atoms with Crippen molar-refractivity contribution in [1.82, 2.24) is 0 Å². The molecule has 0 amide bonds. The van der Waals surface area contributed by atoms with Gasteiger partial charge in [0, 0.05) is 0 Å². The first-order valence-corrected chi connectivity index (χ1v) is 7.46. The Balaban J connectivity index is 4.80. The fraction of sp³-hybridized carbons (Fsp3) is 0.882. The van der Waals surface area contributed by atoms with Crippen molar-refractivity contribution in [1.29, 1.82) is 0 Å². The van der Waals surface area contributed by atoms with E-state index in [0.29, 0.717) is 6.42 Å². The standard InChI is InChI=1S/C17H32O4/c1-11-17(10,21-19-15(5,6)7)13-12-16(8,9)20-18-14(2,3)4/h11H2,1-10H3. The summed E-state index contributed by atoms with van der Waals surface area (Å²) in [6.45, 7) is 19.2. The van der Waals surface area contributed by atoms with Crippen molar-refractivity contribution in [2.45, 2.75) is 98.1 Å². The second-order valence-corrected chi connectivity index (χ2v) is 7.90. The minimum Gasteiger partial charge on any atom is -0.229 e. The van der Waals surface area contributed by atoms with Crippen LogP contribution in [0, 0.1) is 11.8 Å². The maximum Gasteiger partial charge on any atom is 0.160 e. The normalized spacial score (nSPS) is 16.1. The summed E-state index contributed by atoms with van der Waals surface area (Å²) in [7, 11) is 0. The van der Waals surface area contributed by atoms with E-state index >= 15 is 0 Å². The molecule has 0 spiro atoms. The van der Waals surface area contributed by atoms with Crippen LogP contribution in [-0.2, 0) is 19.6 Å². The predicted octanol–water partition coefficient (Wildman–Crippen LogP) is 4.43. The molecule has 0 fully saturated rings. The molecular formula is C17H32O4. The molecule has 0 aliphatic heterocycles. The average molecular weight is 300 g/mol. The van der Waals surface area contributed by atoms with E-state index in [-0.39, 0.29) is 11.2 Å². The molecule has 4 nitrogen and oxygen atoms in total. The second kappa shape index (κ2) is 7.11. The number of hydrogen-bond acceptors (Lipinski definition) is 4. The molecule has 0 radical (unpaired) electrons. The second-order valence-electron chi connectivity index (χ2n) is 7.90. The molecule has 0 aromatic carbocycles. The number of hydrogen-bond donors (Lipinski definition) is 0. The van der Waals surface area contributed by atoms with E-state index in [2.05, 4.69) is 11.8 Å². The van der Waals surface area contributed by atoms with Gasteiger partial charge in [0.15, 0.2) is 11.2 Å². The Morgan fingerprint density at radius 2 is 1.05 bits per heavy atom. The van der Waals surface area contributed by atoms with Gasteiger partial charge in [0.25, 0.3) is 0 Å². The van der Waals surface area contributed by atoms with Gasteiger partial charge in [0.2, 0.25) is 0 Å². The topological polar surface area (TPSA) is 36.9 Å². The molecule has 4 heteroatoms. The molecule has 0 saturated heterocycles.